The van der Waals surface area contributed by atoms with Crippen molar-refractivity contribution in [1.29, 1.82) is 0 Å². The van der Waals surface area contributed by atoms with E-state index in [-0.39, 0.29) is 0 Å². The van der Waals surface area contributed by atoms with Gasteiger partial charge in [-0.05, 0) is 36.0 Å². The van der Waals surface area contributed by atoms with Crippen molar-refractivity contribution in [3.8, 4) is 0 Å². The number of fused-ring (bicyclic) bond motifs is 1. The molecule has 126 valence electrons. The minimum absolute atomic E-state index is 0.300. The van der Waals surface area contributed by atoms with Crippen LogP contribution >= 0.6 is 0 Å². The van der Waals surface area contributed by atoms with Crippen LogP contribution < -0.4 is 4.72 Å². The molecule has 1 aromatic carbocycles. The van der Waals surface area contributed by atoms with Crippen molar-refractivity contribution in [2.24, 2.45) is 0 Å². The average molecular weight is 335 g/mol. The van der Waals surface area contributed by atoms with Crippen molar-refractivity contribution >= 4 is 21.1 Å². The minimum Gasteiger partial charge on any atom is -0.361 e. The molecule has 1 aliphatic carbocycles. The van der Waals surface area contributed by atoms with Gasteiger partial charge in [-0.2, -0.15) is 17.4 Å². The van der Waals surface area contributed by atoms with Crippen molar-refractivity contribution < 1.29 is 8.42 Å². The number of hydrogen-bond donors (Lipinski definition) is 2. The van der Waals surface area contributed by atoms with Crippen LogP contribution in [0.3, 0.4) is 0 Å². The molecule has 1 heterocycles. The molecule has 1 saturated carbocycles. The van der Waals surface area contributed by atoms with E-state index in [0.29, 0.717) is 12.5 Å². The zero-order valence-electron chi connectivity index (χ0n) is 13.8. The molecule has 6 heteroatoms. The monoisotopic (exact) mass is 335 g/mol. The molecule has 1 fully saturated rings. The largest absolute Gasteiger partial charge is 0.361 e. The second-order valence-corrected chi connectivity index (χ2v) is 8.54. The van der Waals surface area contributed by atoms with E-state index in [1.807, 2.05) is 12.1 Å². The van der Waals surface area contributed by atoms with Crippen molar-refractivity contribution in [1.82, 2.24) is 14.0 Å². The summed E-state index contributed by atoms with van der Waals surface area (Å²) >= 11 is 0. The van der Waals surface area contributed by atoms with Crippen LogP contribution in [0.15, 0.2) is 24.4 Å². The molecule has 2 aromatic rings. The lowest BCUT2D eigenvalue weighted by atomic mass is 9.84. The van der Waals surface area contributed by atoms with Crippen molar-refractivity contribution in [2.75, 3.05) is 14.1 Å². The molecule has 0 saturated heterocycles. The molecule has 0 spiro atoms. The highest BCUT2D eigenvalue weighted by atomic mass is 32.2. The Balaban J connectivity index is 1.78. The fourth-order valence-corrected chi connectivity index (χ4v) is 3.97. The Labute approximate surface area is 138 Å². The SMILES string of the molecule is CN(C)S(=O)(=O)NCc1ccc2c(C3CCCCC3)c[nH]c2c1. The number of rotatable bonds is 5. The Hall–Kier alpha value is -1.37. The summed E-state index contributed by atoms with van der Waals surface area (Å²) in [4.78, 5) is 3.36. The Bertz CT molecular complexity index is 774. The van der Waals surface area contributed by atoms with Gasteiger partial charge >= 0.3 is 0 Å². The molecule has 0 amide bonds. The molecular formula is C17H25N3O2S. The van der Waals surface area contributed by atoms with Gasteiger partial charge in [-0.3, -0.25) is 0 Å². The molecule has 0 radical (unpaired) electrons. The topological polar surface area (TPSA) is 65.2 Å². The molecule has 0 unspecified atom stereocenters. The maximum absolute atomic E-state index is 11.8. The second kappa shape index (κ2) is 6.63. The highest BCUT2D eigenvalue weighted by molar-refractivity contribution is 7.87. The highest BCUT2D eigenvalue weighted by Gasteiger charge is 2.19. The Morgan fingerprint density at radius 3 is 2.65 bits per heavy atom. The summed E-state index contributed by atoms with van der Waals surface area (Å²) < 4.78 is 27.3. The lowest BCUT2D eigenvalue weighted by molar-refractivity contribution is 0.445. The smallest absolute Gasteiger partial charge is 0.279 e. The van der Waals surface area contributed by atoms with E-state index in [1.54, 1.807) is 0 Å². The summed E-state index contributed by atoms with van der Waals surface area (Å²) in [5, 5.41) is 1.27. The van der Waals surface area contributed by atoms with E-state index in [0.717, 1.165) is 11.1 Å². The van der Waals surface area contributed by atoms with Gasteiger partial charge in [-0.1, -0.05) is 31.4 Å². The summed E-state index contributed by atoms with van der Waals surface area (Å²) in [5.74, 6) is 0.663. The number of benzene rings is 1. The molecule has 0 aliphatic heterocycles. The number of nitrogens with zero attached hydrogens (tertiary/aromatic N) is 1. The fourth-order valence-electron chi connectivity index (χ4n) is 3.36. The van der Waals surface area contributed by atoms with Crippen molar-refractivity contribution in [3.63, 3.8) is 0 Å². The minimum atomic E-state index is -3.39. The fraction of sp³-hybridized carbons (Fsp3) is 0.529. The van der Waals surface area contributed by atoms with Crippen LogP contribution in [0, 0.1) is 0 Å². The predicted molar refractivity (Wildman–Crippen MR) is 93.6 cm³/mol. The van der Waals surface area contributed by atoms with E-state index in [9.17, 15) is 8.42 Å². The zero-order valence-corrected chi connectivity index (χ0v) is 14.6. The maximum atomic E-state index is 11.8. The van der Waals surface area contributed by atoms with Crippen LogP contribution in [0.5, 0.6) is 0 Å². The van der Waals surface area contributed by atoms with Crippen LogP contribution in [0.25, 0.3) is 10.9 Å². The standard InChI is InChI=1S/C17H25N3O2S/c1-20(2)23(21,22)19-11-13-8-9-15-16(12-18-17(15)10-13)14-6-4-3-5-7-14/h8-10,12,14,18-19H,3-7,11H2,1-2H3. The Kier molecular flexibility index (Phi) is 4.75. The molecule has 5 nitrogen and oxygen atoms in total. The van der Waals surface area contributed by atoms with Gasteiger partial charge < -0.3 is 4.98 Å². The molecular weight excluding hydrogens is 310 g/mol. The first kappa shape index (κ1) is 16.5. The van der Waals surface area contributed by atoms with E-state index >= 15 is 0 Å². The summed E-state index contributed by atoms with van der Waals surface area (Å²) in [6.45, 7) is 0.300. The van der Waals surface area contributed by atoms with Gasteiger partial charge in [0, 0.05) is 37.7 Å². The van der Waals surface area contributed by atoms with Crippen molar-refractivity contribution in [3.05, 3.63) is 35.5 Å². The van der Waals surface area contributed by atoms with E-state index < -0.39 is 10.2 Å². The summed E-state index contributed by atoms with van der Waals surface area (Å²) in [6.07, 6.45) is 8.68. The number of aromatic nitrogens is 1. The van der Waals surface area contributed by atoms with Crippen molar-refractivity contribution in [2.45, 2.75) is 44.6 Å². The molecule has 1 aromatic heterocycles. The van der Waals surface area contributed by atoms with Gasteiger partial charge in [-0.15, -0.1) is 0 Å². The first-order valence-corrected chi connectivity index (χ1v) is 9.68. The summed E-state index contributed by atoms with van der Waals surface area (Å²) in [6, 6.07) is 6.18. The summed E-state index contributed by atoms with van der Waals surface area (Å²) in [7, 11) is -0.347. The Morgan fingerprint density at radius 1 is 1.22 bits per heavy atom. The van der Waals surface area contributed by atoms with Gasteiger partial charge in [0.1, 0.15) is 0 Å². The van der Waals surface area contributed by atoms with Crippen LogP contribution in [0.1, 0.15) is 49.1 Å². The highest BCUT2D eigenvalue weighted by Crippen LogP contribution is 2.36. The Morgan fingerprint density at radius 2 is 1.96 bits per heavy atom. The third-order valence-corrected chi connectivity index (χ3v) is 6.23. The van der Waals surface area contributed by atoms with Gasteiger partial charge in [0.2, 0.25) is 0 Å². The van der Waals surface area contributed by atoms with E-state index in [1.165, 1.54) is 61.5 Å². The van der Waals surface area contributed by atoms with Crippen LogP contribution in [0.4, 0.5) is 0 Å². The average Bonchev–Trinajstić information content (AvgIpc) is 2.97. The quantitative estimate of drug-likeness (QED) is 0.882. The molecule has 1 aliphatic rings. The van der Waals surface area contributed by atoms with Gasteiger partial charge in [-0.25, -0.2) is 0 Å². The molecule has 3 rings (SSSR count). The van der Waals surface area contributed by atoms with Gasteiger partial charge in [0.25, 0.3) is 10.2 Å². The van der Waals surface area contributed by atoms with Crippen LogP contribution in [0.2, 0.25) is 0 Å². The lowest BCUT2D eigenvalue weighted by Crippen LogP contribution is -2.35. The number of nitrogens with one attached hydrogen (secondary N) is 2. The van der Waals surface area contributed by atoms with Crippen LogP contribution in [-0.2, 0) is 16.8 Å². The second-order valence-electron chi connectivity index (χ2n) is 6.57. The molecule has 0 atom stereocenters. The number of hydrogen-bond acceptors (Lipinski definition) is 2. The van der Waals surface area contributed by atoms with Gasteiger partial charge in [0.15, 0.2) is 0 Å². The molecule has 2 N–H and O–H groups in total. The molecule has 23 heavy (non-hydrogen) atoms. The summed E-state index contributed by atoms with van der Waals surface area (Å²) in [5.41, 5.74) is 3.47. The van der Waals surface area contributed by atoms with E-state index in [2.05, 4.69) is 22.0 Å². The first-order valence-electron chi connectivity index (χ1n) is 8.24. The lowest BCUT2D eigenvalue weighted by Gasteiger charge is -2.21. The third-order valence-electron chi connectivity index (χ3n) is 4.76. The van der Waals surface area contributed by atoms with Gasteiger partial charge in [0.05, 0.1) is 0 Å². The number of aromatic amines is 1. The zero-order chi connectivity index (χ0) is 16.4. The van der Waals surface area contributed by atoms with E-state index in [4.69, 9.17) is 0 Å². The molecule has 0 bridgehead atoms. The normalized spacial score (nSPS) is 17.2. The number of H-pyrrole nitrogens is 1. The first-order chi connectivity index (χ1) is 11.0. The third kappa shape index (κ3) is 3.59. The predicted octanol–water partition coefficient (Wildman–Crippen LogP) is 3.11. The van der Waals surface area contributed by atoms with Crippen LogP contribution in [-0.4, -0.2) is 31.8 Å². The maximum Gasteiger partial charge on any atom is 0.279 e.